The highest BCUT2D eigenvalue weighted by molar-refractivity contribution is 6.29. The molecule has 3 rings (SSSR count). The van der Waals surface area contributed by atoms with Gasteiger partial charge in [-0.05, 0) is 48.9 Å². The number of hydrogen-bond acceptors (Lipinski definition) is 3. The molecule has 0 amide bonds. The lowest BCUT2D eigenvalue weighted by atomic mass is 10.1. The highest BCUT2D eigenvalue weighted by Crippen LogP contribution is 2.26. The first kappa shape index (κ1) is 13.4. The minimum absolute atomic E-state index is 0.493. The molecule has 0 fully saturated rings. The van der Waals surface area contributed by atoms with Crippen LogP contribution < -0.4 is 5.32 Å². The van der Waals surface area contributed by atoms with E-state index in [9.17, 15) is 0 Å². The Morgan fingerprint density at radius 1 is 1.15 bits per heavy atom. The summed E-state index contributed by atoms with van der Waals surface area (Å²) in [6.45, 7) is 2.11. The number of anilines is 2. The molecule has 104 valence electrons. The largest absolute Gasteiger partial charge is 0.340 e. The first-order valence-electron chi connectivity index (χ1n) is 7.17. The van der Waals surface area contributed by atoms with Gasteiger partial charge in [0.2, 0.25) is 0 Å². The number of aryl methyl sites for hydroxylation is 3. The standard InChI is InChI=1S/C16H18ClN3/c1-2-4-15-19-14(17)10-16(20-15)18-13-8-7-11-5-3-6-12(11)9-13/h7-10H,2-6H2,1H3,(H,18,19,20). The summed E-state index contributed by atoms with van der Waals surface area (Å²) in [5, 5.41) is 3.83. The first-order chi connectivity index (χ1) is 9.74. The number of nitrogens with zero attached hydrogens (tertiary/aromatic N) is 2. The van der Waals surface area contributed by atoms with Crippen LogP contribution in [0.2, 0.25) is 5.15 Å². The van der Waals surface area contributed by atoms with E-state index in [1.54, 1.807) is 6.07 Å². The lowest BCUT2D eigenvalue weighted by Gasteiger charge is -2.09. The molecule has 1 aromatic heterocycles. The van der Waals surface area contributed by atoms with Gasteiger partial charge in [0.1, 0.15) is 16.8 Å². The maximum absolute atomic E-state index is 6.05. The van der Waals surface area contributed by atoms with Crippen molar-refractivity contribution in [1.82, 2.24) is 9.97 Å². The Morgan fingerprint density at radius 2 is 2.00 bits per heavy atom. The van der Waals surface area contributed by atoms with Crippen LogP contribution in [0.4, 0.5) is 11.5 Å². The van der Waals surface area contributed by atoms with Gasteiger partial charge in [0.15, 0.2) is 0 Å². The minimum atomic E-state index is 0.493. The van der Waals surface area contributed by atoms with Crippen molar-refractivity contribution in [3.63, 3.8) is 0 Å². The van der Waals surface area contributed by atoms with Gasteiger partial charge in [-0.15, -0.1) is 0 Å². The Morgan fingerprint density at radius 3 is 2.85 bits per heavy atom. The van der Waals surface area contributed by atoms with Crippen LogP contribution in [0.25, 0.3) is 0 Å². The molecule has 1 N–H and O–H groups in total. The van der Waals surface area contributed by atoms with Gasteiger partial charge in [0.25, 0.3) is 0 Å². The highest BCUT2D eigenvalue weighted by atomic mass is 35.5. The maximum Gasteiger partial charge on any atom is 0.135 e. The van der Waals surface area contributed by atoms with E-state index in [1.807, 2.05) is 0 Å². The summed E-state index contributed by atoms with van der Waals surface area (Å²) in [4.78, 5) is 8.74. The summed E-state index contributed by atoms with van der Waals surface area (Å²) in [6, 6.07) is 8.31. The number of benzene rings is 1. The maximum atomic E-state index is 6.05. The van der Waals surface area contributed by atoms with E-state index in [4.69, 9.17) is 11.6 Å². The van der Waals surface area contributed by atoms with Crippen molar-refractivity contribution in [1.29, 1.82) is 0 Å². The van der Waals surface area contributed by atoms with Crippen LogP contribution in [0.15, 0.2) is 24.3 Å². The quantitative estimate of drug-likeness (QED) is 0.851. The lowest BCUT2D eigenvalue weighted by Crippen LogP contribution is -2.00. The molecule has 1 aliphatic carbocycles. The third kappa shape index (κ3) is 2.93. The van der Waals surface area contributed by atoms with Crippen LogP contribution in [0.5, 0.6) is 0 Å². The van der Waals surface area contributed by atoms with Gasteiger partial charge in [-0.1, -0.05) is 24.6 Å². The molecule has 20 heavy (non-hydrogen) atoms. The van der Waals surface area contributed by atoms with Crippen molar-refractivity contribution in [3.05, 3.63) is 46.4 Å². The van der Waals surface area contributed by atoms with E-state index in [-0.39, 0.29) is 0 Å². The second kappa shape index (κ2) is 5.80. The molecule has 0 radical (unpaired) electrons. The summed E-state index contributed by atoms with van der Waals surface area (Å²) in [5.41, 5.74) is 4.00. The molecule has 0 saturated carbocycles. The molecule has 1 heterocycles. The van der Waals surface area contributed by atoms with Gasteiger partial charge in [-0.2, -0.15) is 0 Å². The van der Waals surface area contributed by atoms with Crippen molar-refractivity contribution in [3.8, 4) is 0 Å². The SMILES string of the molecule is CCCc1nc(Cl)cc(Nc2ccc3c(c2)CCC3)n1. The van der Waals surface area contributed by atoms with E-state index in [1.165, 1.54) is 30.4 Å². The number of aromatic nitrogens is 2. The van der Waals surface area contributed by atoms with Gasteiger partial charge >= 0.3 is 0 Å². The van der Waals surface area contributed by atoms with Crippen LogP contribution in [-0.2, 0) is 19.3 Å². The molecule has 0 atom stereocenters. The average molecular weight is 288 g/mol. The highest BCUT2D eigenvalue weighted by Gasteiger charge is 2.11. The van der Waals surface area contributed by atoms with Crippen molar-refractivity contribution in [2.75, 3.05) is 5.32 Å². The summed E-state index contributed by atoms with van der Waals surface area (Å²) in [5.74, 6) is 1.56. The fourth-order valence-electron chi connectivity index (χ4n) is 2.66. The number of halogens is 1. The number of rotatable bonds is 4. The fraction of sp³-hybridized carbons (Fsp3) is 0.375. The molecule has 4 heteroatoms. The van der Waals surface area contributed by atoms with Crippen molar-refractivity contribution in [2.24, 2.45) is 0 Å². The zero-order valence-electron chi connectivity index (χ0n) is 11.6. The Hall–Kier alpha value is -1.61. The topological polar surface area (TPSA) is 37.8 Å². The predicted molar refractivity (Wildman–Crippen MR) is 82.8 cm³/mol. The smallest absolute Gasteiger partial charge is 0.135 e. The summed E-state index contributed by atoms with van der Waals surface area (Å²) in [7, 11) is 0. The van der Waals surface area contributed by atoms with Crippen LogP contribution >= 0.6 is 11.6 Å². The monoisotopic (exact) mass is 287 g/mol. The Kier molecular flexibility index (Phi) is 3.88. The number of fused-ring (bicyclic) bond motifs is 1. The van der Waals surface area contributed by atoms with Gasteiger partial charge < -0.3 is 5.32 Å². The minimum Gasteiger partial charge on any atom is -0.340 e. The van der Waals surface area contributed by atoms with Gasteiger partial charge in [0.05, 0.1) is 0 Å². The molecule has 1 aliphatic rings. The molecule has 3 nitrogen and oxygen atoms in total. The lowest BCUT2D eigenvalue weighted by molar-refractivity contribution is 0.837. The van der Waals surface area contributed by atoms with Crippen molar-refractivity contribution >= 4 is 23.1 Å². The van der Waals surface area contributed by atoms with E-state index >= 15 is 0 Å². The molecular formula is C16H18ClN3. The third-order valence-corrected chi connectivity index (χ3v) is 3.78. The van der Waals surface area contributed by atoms with Crippen molar-refractivity contribution in [2.45, 2.75) is 39.0 Å². The zero-order chi connectivity index (χ0) is 13.9. The van der Waals surface area contributed by atoms with E-state index in [0.717, 1.165) is 30.2 Å². The molecular weight excluding hydrogens is 270 g/mol. The number of hydrogen-bond donors (Lipinski definition) is 1. The first-order valence-corrected chi connectivity index (χ1v) is 7.54. The second-order valence-corrected chi connectivity index (χ2v) is 5.59. The molecule has 0 spiro atoms. The molecule has 1 aromatic carbocycles. The normalized spacial score (nSPS) is 13.3. The molecule has 0 aliphatic heterocycles. The van der Waals surface area contributed by atoms with E-state index in [0.29, 0.717) is 5.15 Å². The third-order valence-electron chi connectivity index (χ3n) is 3.59. The van der Waals surface area contributed by atoms with Gasteiger partial charge in [-0.25, -0.2) is 9.97 Å². The van der Waals surface area contributed by atoms with E-state index in [2.05, 4.69) is 40.4 Å². The fourth-order valence-corrected chi connectivity index (χ4v) is 2.86. The molecule has 0 saturated heterocycles. The van der Waals surface area contributed by atoms with E-state index < -0.39 is 0 Å². The molecule has 0 bridgehead atoms. The Balaban J connectivity index is 1.83. The van der Waals surface area contributed by atoms with Gasteiger partial charge in [-0.3, -0.25) is 0 Å². The van der Waals surface area contributed by atoms with Gasteiger partial charge in [0, 0.05) is 18.2 Å². The second-order valence-electron chi connectivity index (χ2n) is 5.20. The summed E-state index contributed by atoms with van der Waals surface area (Å²) in [6.07, 6.45) is 5.50. The summed E-state index contributed by atoms with van der Waals surface area (Å²) < 4.78 is 0. The Labute approximate surface area is 124 Å². The van der Waals surface area contributed by atoms with Crippen LogP contribution in [0.1, 0.15) is 36.7 Å². The molecule has 0 unspecified atom stereocenters. The zero-order valence-corrected chi connectivity index (χ0v) is 12.4. The van der Waals surface area contributed by atoms with Crippen molar-refractivity contribution < 1.29 is 0 Å². The number of nitrogens with one attached hydrogen (secondary N) is 1. The summed E-state index contributed by atoms with van der Waals surface area (Å²) >= 11 is 6.05. The van der Waals surface area contributed by atoms with Crippen LogP contribution in [-0.4, -0.2) is 9.97 Å². The molecule has 2 aromatic rings. The predicted octanol–water partition coefficient (Wildman–Crippen LogP) is 4.31. The average Bonchev–Trinajstić information content (AvgIpc) is 2.85. The Bertz CT molecular complexity index is 625. The van der Waals surface area contributed by atoms with Crippen LogP contribution in [0, 0.1) is 0 Å². The van der Waals surface area contributed by atoms with Crippen LogP contribution in [0.3, 0.4) is 0 Å².